The molecule has 2 N–H and O–H groups in total. The first kappa shape index (κ1) is 11.5. The van der Waals surface area contributed by atoms with Crippen LogP contribution in [0.5, 0.6) is 0 Å². The minimum absolute atomic E-state index is 0.0435. The zero-order chi connectivity index (χ0) is 12.4. The van der Waals surface area contributed by atoms with Gasteiger partial charge in [0.05, 0.1) is 0 Å². The smallest absolute Gasteiger partial charge is 0.263 e. The van der Waals surface area contributed by atoms with Gasteiger partial charge in [-0.2, -0.15) is 0 Å². The van der Waals surface area contributed by atoms with Gasteiger partial charge in [0, 0.05) is 0 Å². The van der Waals surface area contributed by atoms with E-state index in [9.17, 15) is 9.59 Å². The SMILES string of the molecule is Cc1ccccc1C=C1C(=O)NC(=S)NC1=O. The lowest BCUT2D eigenvalue weighted by atomic mass is 10.0. The highest BCUT2D eigenvalue weighted by Crippen LogP contribution is 2.13. The van der Waals surface area contributed by atoms with Crippen molar-refractivity contribution in [2.24, 2.45) is 0 Å². The Kier molecular flexibility index (Phi) is 3.01. The Morgan fingerprint density at radius 1 is 1.12 bits per heavy atom. The highest BCUT2D eigenvalue weighted by Gasteiger charge is 2.25. The topological polar surface area (TPSA) is 58.2 Å². The maximum Gasteiger partial charge on any atom is 0.263 e. The summed E-state index contributed by atoms with van der Waals surface area (Å²) in [5, 5.41) is 4.83. The summed E-state index contributed by atoms with van der Waals surface area (Å²) in [5.74, 6) is -0.941. The first-order valence-electron chi connectivity index (χ1n) is 5.02. The third-order valence-corrected chi connectivity index (χ3v) is 2.64. The van der Waals surface area contributed by atoms with E-state index in [4.69, 9.17) is 12.2 Å². The first-order valence-corrected chi connectivity index (χ1v) is 5.43. The molecule has 1 heterocycles. The molecule has 0 aliphatic carbocycles. The molecule has 17 heavy (non-hydrogen) atoms. The fourth-order valence-electron chi connectivity index (χ4n) is 1.51. The predicted molar refractivity (Wildman–Crippen MR) is 68.0 cm³/mol. The van der Waals surface area contributed by atoms with Crippen molar-refractivity contribution in [3.05, 3.63) is 41.0 Å². The Morgan fingerprint density at radius 2 is 1.71 bits per heavy atom. The number of rotatable bonds is 1. The summed E-state index contributed by atoms with van der Waals surface area (Å²) < 4.78 is 0. The summed E-state index contributed by atoms with van der Waals surface area (Å²) in [6, 6.07) is 7.50. The maximum absolute atomic E-state index is 11.6. The molecule has 2 rings (SSSR count). The predicted octanol–water partition coefficient (Wildman–Crippen LogP) is 0.909. The van der Waals surface area contributed by atoms with Crippen molar-refractivity contribution >= 4 is 35.2 Å². The fraction of sp³-hybridized carbons (Fsp3) is 0.0833. The third-order valence-electron chi connectivity index (χ3n) is 2.43. The molecule has 1 aromatic rings. The molecule has 2 amide bonds. The van der Waals surface area contributed by atoms with Gasteiger partial charge in [0.15, 0.2) is 5.11 Å². The van der Waals surface area contributed by atoms with Crippen LogP contribution in [-0.2, 0) is 9.59 Å². The van der Waals surface area contributed by atoms with Gasteiger partial charge in [-0.3, -0.25) is 20.2 Å². The molecule has 0 saturated carbocycles. The minimum Gasteiger partial charge on any atom is -0.299 e. The summed E-state index contributed by atoms with van der Waals surface area (Å²) in [7, 11) is 0. The van der Waals surface area contributed by atoms with E-state index < -0.39 is 11.8 Å². The number of amides is 2. The molecule has 1 aliphatic heterocycles. The molecule has 1 fully saturated rings. The highest BCUT2D eigenvalue weighted by atomic mass is 32.1. The molecular formula is C12H10N2O2S. The van der Waals surface area contributed by atoms with Crippen LogP contribution in [0.1, 0.15) is 11.1 Å². The van der Waals surface area contributed by atoms with Crippen molar-refractivity contribution in [1.29, 1.82) is 0 Å². The van der Waals surface area contributed by atoms with Crippen LogP contribution in [0.2, 0.25) is 0 Å². The lowest BCUT2D eigenvalue weighted by Gasteiger charge is -2.16. The lowest BCUT2D eigenvalue weighted by Crippen LogP contribution is -2.51. The molecule has 4 nitrogen and oxygen atoms in total. The average Bonchev–Trinajstić information content (AvgIpc) is 2.25. The molecule has 0 aromatic heterocycles. The largest absolute Gasteiger partial charge is 0.299 e. The second kappa shape index (κ2) is 4.47. The monoisotopic (exact) mass is 246 g/mol. The van der Waals surface area contributed by atoms with E-state index in [-0.39, 0.29) is 10.7 Å². The molecule has 1 aromatic carbocycles. The minimum atomic E-state index is -0.470. The van der Waals surface area contributed by atoms with Crippen molar-refractivity contribution in [3.8, 4) is 0 Å². The van der Waals surface area contributed by atoms with Crippen molar-refractivity contribution in [3.63, 3.8) is 0 Å². The average molecular weight is 246 g/mol. The normalized spacial score (nSPS) is 15.4. The van der Waals surface area contributed by atoms with E-state index in [0.29, 0.717) is 0 Å². The number of hydrogen-bond donors (Lipinski definition) is 2. The van der Waals surface area contributed by atoms with Gasteiger partial charge in [0.1, 0.15) is 5.57 Å². The van der Waals surface area contributed by atoms with Crippen LogP contribution in [0.25, 0.3) is 6.08 Å². The van der Waals surface area contributed by atoms with E-state index in [1.807, 2.05) is 31.2 Å². The second-order valence-electron chi connectivity index (χ2n) is 3.65. The second-order valence-corrected chi connectivity index (χ2v) is 4.06. The number of aryl methyl sites for hydroxylation is 1. The molecule has 1 saturated heterocycles. The van der Waals surface area contributed by atoms with Crippen molar-refractivity contribution in [2.75, 3.05) is 0 Å². The van der Waals surface area contributed by atoms with Crippen LogP contribution < -0.4 is 10.6 Å². The molecule has 0 atom stereocenters. The van der Waals surface area contributed by atoms with Gasteiger partial charge in [0.25, 0.3) is 11.8 Å². The van der Waals surface area contributed by atoms with Gasteiger partial charge in [-0.25, -0.2) is 0 Å². The Hall–Kier alpha value is -2.01. The van der Waals surface area contributed by atoms with E-state index in [1.165, 1.54) is 0 Å². The van der Waals surface area contributed by atoms with E-state index in [0.717, 1.165) is 11.1 Å². The first-order chi connectivity index (χ1) is 8.08. The van der Waals surface area contributed by atoms with Crippen LogP contribution >= 0.6 is 12.2 Å². The number of hydrogen-bond acceptors (Lipinski definition) is 3. The van der Waals surface area contributed by atoms with Crippen LogP contribution in [-0.4, -0.2) is 16.9 Å². The summed E-state index contributed by atoms with van der Waals surface area (Å²) in [6.07, 6.45) is 1.56. The molecule has 0 radical (unpaired) electrons. The van der Waals surface area contributed by atoms with Crippen molar-refractivity contribution in [2.45, 2.75) is 6.92 Å². The zero-order valence-electron chi connectivity index (χ0n) is 9.11. The Morgan fingerprint density at radius 3 is 2.29 bits per heavy atom. The molecule has 5 heteroatoms. The number of thiocarbonyl (C=S) groups is 1. The number of carbonyl (C=O) groups excluding carboxylic acids is 2. The fourth-order valence-corrected chi connectivity index (χ4v) is 1.70. The summed E-state index contributed by atoms with van der Waals surface area (Å²) in [4.78, 5) is 23.2. The lowest BCUT2D eigenvalue weighted by molar-refractivity contribution is -0.123. The molecular weight excluding hydrogens is 236 g/mol. The van der Waals surface area contributed by atoms with Gasteiger partial charge in [-0.05, 0) is 36.3 Å². The summed E-state index contributed by atoms with van der Waals surface area (Å²) in [6.45, 7) is 1.91. The van der Waals surface area contributed by atoms with Gasteiger partial charge in [-0.1, -0.05) is 24.3 Å². The Balaban J connectivity index is 2.40. The van der Waals surface area contributed by atoms with Crippen LogP contribution in [0.3, 0.4) is 0 Å². The van der Waals surface area contributed by atoms with E-state index in [1.54, 1.807) is 6.08 Å². The van der Waals surface area contributed by atoms with Gasteiger partial charge < -0.3 is 0 Å². The number of carbonyl (C=O) groups is 2. The molecule has 0 spiro atoms. The van der Waals surface area contributed by atoms with E-state index >= 15 is 0 Å². The molecule has 1 aliphatic rings. The quantitative estimate of drug-likeness (QED) is 0.440. The molecule has 0 unspecified atom stereocenters. The third kappa shape index (κ3) is 2.39. The summed E-state index contributed by atoms with van der Waals surface area (Å²) in [5.41, 5.74) is 1.89. The standard InChI is InChI=1S/C12H10N2O2S/c1-7-4-2-3-5-8(7)6-9-10(15)13-12(17)14-11(9)16/h2-6H,1H3,(H2,13,14,15,16,17). The molecule has 0 bridgehead atoms. The highest BCUT2D eigenvalue weighted by molar-refractivity contribution is 7.80. The van der Waals surface area contributed by atoms with Crippen molar-refractivity contribution < 1.29 is 9.59 Å². The maximum atomic E-state index is 11.6. The Bertz CT molecular complexity index is 527. The summed E-state index contributed by atoms with van der Waals surface area (Å²) >= 11 is 4.71. The van der Waals surface area contributed by atoms with E-state index in [2.05, 4.69) is 10.6 Å². The zero-order valence-corrected chi connectivity index (χ0v) is 9.93. The molecule has 86 valence electrons. The van der Waals surface area contributed by atoms with Crippen LogP contribution in [0.4, 0.5) is 0 Å². The van der Waals surface area contributed by atoms with Gasteiger partial charge in [0.2, 0.25) is 0 Å². The Labute approximate surface area is 104 Å². The van der Waals surface area contributed by atoms with Gasteiger partial charge >= 0.3 is 0 Å². The van der Waals surface area contributed by atoms with Crippen molar-refractivity contribution in [1.82, 2.24) is 10.6 Å². The van der Waals surface area contributed by atoms with Gasteiger partial charge in [-0.15, -0.1) is 0 Å². The van der Waals surface area contributed by atoms with Crippen LogP contribution in [0, 0.1) is 6.92 Å². The number of nitrogens with one attached hydrogen (secondary N) is 2. The van der Waals surface area contributed by atoms with Crippen LogP contribution in [0.15, 0.2) is 29.8 Å². The number of benzene rings is 1.